The smallest absolute Gasteiger partial charge is 0.182 e. The first kappa shape index (κ1) is 21.6. The van der Waals surface area contributed by atoms with Gasteiger partial charge in [-0.2, -0.15) is 0 Å². The van der Waals surface area contributed by atoms with Crippen molar-refractivity contribution in [2.45, 2.75) is 75.8 Å². The number of ether oxygens (including phenoxy) is 2. The molecule has 0 radical (unpaired) electrons. The normalized spacial score (nSPS) is 30.8. The van der Waals surface area contributed by atoms with E-state index >= 15 is 0 Å². The molecule has 0 unspecified atom stereocenters. The minimum Gasteiger partial charge on any atom is -0.371 e. The van der Waals surface area contributed by atoms with Crippen molar-refractivity contribution in [1.82, 2.24) is 30.4 Å². The second-order valence-corrected chi connectivity index (χ2v) is 10.3. The first-order chi connectivity index (χ1) is 16.3. The molecule has 3 saturated heterocycles. The van der Waals surface area contributed by atoms with Crippen molar-refractivity contribution in [3.8, 4) is 11.4 Å². The van der Waals surface area contributed by atoms with Gasteiger partial charge in [0.05, 0.1) is 19.3 Å². The van der Waals surface area contributed by atoms with E-state index in [0.717, 1.165) is 30.4 Å². The molecule has 178 valence electrons. The van der Waals surface area contributed by atoms with Gasteiger partial charge >= 0.3 is 0 Å². The molecule has 4 heterocycles. The van der Waals surface area contributed by atoms with Crippen molar-refractivity contribution >= 4 is 0 Å². The number of hydrogen-bond acceptors (Lipinski definition) is 7. The van der Waals surface area contributed by atoms with Crippen LogP contribution < -0.4 is 5.32 Å². The summed E-state index contributed by atoms with van der Waals surface area (Å²) >= 11 is 0. The molecule has 3 aliphatic heterocycles. The van der Waals surface area contributed by atoms with Gasteiger partial charge in [-0.15, -0.1) is 5.10 Å². The van der Waals surface area contributed by atoms with Crippen LogP contribution in [0.1, 0.15) is 56.6 Å². The molecule has 1 N–H and O–H groups in total. The van der Waals surface area contributed by atoms with E-state index in [0.29, 0.717) is 13.2 Å². The van der Waals surface area contributed by atoms with Crippen LogP contribution in [0.25, 0.3) is 11.4 Å². The zero-order chi connectivity index (χ0) is 22.0. The predicted molar refractivity (Wildman–Crippen MR) is 125 cm³/mol. The lowest BCUT2D eigenvalue weighted by atomic mass is 9.89. The van der Waals surface area contributed by atoms with Crippen LogP contribution in [0.2, 0.25) is 0 Å². The van der Waals surface area contributed by atoms with Gasteiger partial charge in [-0.25, -0.2) is 4.68 Å². The van der Waals surface area contributed by atoms with Gasteiger partial charge < -0.3 is 14.8 Å². The largest absolute Gasteiger partial charge is 0.371 e. The predicted octanol–water partition coefficient (Wildman–Crippen LogP) is 2.81. The maximum absolute atomic E-state index is 6.26. The number of aromatic nitrogens is 4. The van der Waals surface area contributed by atoms with Crippen LogP contribution in [0, 0.1) is 5.92 Å². The van der Waals surface area contributed by atoms with E-state index in [1.54, 1.807) is 0 Å². The number of fused-ring (bicyclic) bond motifs is 1. The lowest BCUT2D eigenvalue weighted by Crippen LogP contribution is -2.43. The van der Waals surface area contributed by atoms with Crippen molar-refractivity contribution in [2.24, 2.45) is 5.92 Å². The minimum absolute atomic E-state index is 0.00344. The Morgan fingerprint density at radius 3 is 2.70 bits per heavy atom. The lowest BCUT2D eigenvalue weighted by Gasteiger charge is -2.25. The molecule has 8 nitrogen and oxygen atoms in total. The molecule has 6 rings (SSSR count). The Morgan fingerprint density at radius 1 is 0.970 bits per heavy atom. The summed E-state index contributed by atoms with van der Waals surface area (Å²) in [5.74, 6) is 1.60. The molecule has 0 amide bonds. The molecule has 2 aromatic rings. The Hall–Kier alpha value is -1.87. The Morgan fingerprint density at radius 2 is 1.82 bits per heavy atom. The Kier molecular flexibility index (Phi) is 6.42. The molecule has 1 aliphatic carbocycles. The highest BCUT2D eigenvalue weighted by Gasteiger charge is 2.49. The van der Waals surface area contributed by atoms with Crippen molar-refractivity contribution < 1.29 is 9.47 Å². The Labute approximate surface area is 196 Å². The van der Waals surface area contributed by atoms with Gasteiger partial charge in [0.2, 0.25) is 0 Å². The van der Waals surface area contributed by atoms with Gasteiger partial charge in [-0.3, -0.25) is 4.90 Å². The second kappa shape index (κ2) is 9.78. The number of nitrogens with one attached hydrogen (secondary N) is 1. The summed E-state index contributed by atoms with van der Waals surface area (Å²) < 4.78 is 14.5. The topological polar surface area (TPSA) is 77.3 Å². The molecule has 1 saturated carbocycles. The van der Waals surface area contributed by atoms with Crippen LogP contribution in [-0.4, -0.2) is 76.2 Å². The highest BCUT2D eigenvalue weighted by atomic mass is 16.6. The maximum Gasteiger partial charge on any atom is 0.182 e. The first-order valence-corrected chi connectivity index (χ1v) is 12.9. The summed E-state index contributed by atoms with van der Waals surface area (Å²) in [4.78, 5) is 2.52. The molecular weight excluding hydrogens is 416 g/mol. The van der Waals surface area contributed by atoms with Crippen LogP contribution in [0.3, 0.4) is 0 Å². The summed E-state index contributed by atoms with van der Waals surface area (Å²) in [6, 6.07) is 8.91. The minimum atomic E-state index is -0.0103. The summed E-state index contributed by atoms with van der Waals surface area (Å²) in [7, 11) is 0. The zero-order valence-corrected chi connectivity index (χ0v) is 19.4. The third-order valence-corrected chi connectivity index (χ3v) is 8.02. The standard InChI is InChI=1S/C25H36N6O2/c1-2-7-18(8-3-1)14-26-21-16-32-24-22(17-33-23(21)24)31-25(27-28-29-31)20-10-6-9-19(13-20)15-30-11-4-5-12-30/h6,9-10,13,18,21-24,26H,1-5,7-8,11-12,14-17H2/t21-,22-,23+,24+/m0/s1. The van der Waals surface area contributed by atoms with Crippen LogP contribution in [0.4, 0.5) is 0 Å². The Balaban J connectivity index is 1.13. The third-order valence-electron chi connectivity index (χ3n) is 8.02. The van der Waals surface area contributed by atoms with Crippen molar-refractivity contribution in [3.05, 3.63) is 29.8 Å². The summed E-state index contributed by atoms with van der Waals surface area (Å²) in [6.07, 6.45) is 9.51. The first-order valence-electron chi connectivity index (χ1n) is 12.9. The molecule has 0 spiro atoms. The van der Waals surface area contributed by atoms with E-state index < -0.39 is 0 Å². The van der Waals surface area contributed by atoms with Gasteiger partial charge in [-0.1, -0.05) is 37.5 Å². The van der Waals surface area contributed by atoms with E-state index in [9.17, 15) is 0 Å². The molecular formula is C25H36N6O2. The molecule has 1 aromatic carbocycles. The lowest BCUT2D eigenvalue weighted by molar-refractivity contribution is 0.0620. The number of nitrogens with zero attached hydrogens (tertiary/aromatic N) is 5. The summed E-state index contributed by atoms with van der Waals surface area (Å²) in [5.41, 5.74) is 2.37. The van der Waals surface area contributed by atoms with E-state index in [1.165, 1.54) is 63.6 Å². The molecule has 1 aromatic heterocycles. The molecule has 8 heteroatoms. The molecule has 33 heavy (non-hydrogen) atoms. The summed E-state index contributed by atoms with van der Waals surface area (Å²) in [6.45, 7) is 5.73. The number of benzene rings is 1. The van der Waals surface area contributed by atoms with Crippen molar-refractivity contribution in [1.29, 1.82) is 0 Å². The number of likely N-dealkylation sites (tertiary alicyclic amines) is 1. The van der Waals surface area contributed by atoms with Crippen molar-refractivity contribution in [2.75, 3.05) is 32.8 Å². The number of rotatable bonds is 7. The monoisotopic (exact) mass is 452 g/mol. The fraction of sp³-hybridized carbons (Fsp3) is 0.720. The highest BCUT2D eigenvalue weighted by molar-refractivity contribution is 5.56. The highest BCUT2D eigenvalue weighted by Crippen LogP contribution is 2.36. The average Bonchev–Trinajstić information content (AvgIpc) is 3.64. The average molecular weight is 453 g/mol. The second-order valence-electron chi connectivity index (χ2n) is 10.3. The zero-order valence-electron chi connectivity index (χ0n) is 19.4. The van der Waals surface area contributed by atoms with Crippen LogP contribution in [-0.2, 0) is 16.0 Å². The van der Waals surface area contributed by atoms with Gasteiger partial charge in [0.25, 0.3) is 0 Å². The number of tetrazole rings is 1. The van der Waals surface area contributed by atoms with E-state index in [4.69, 9.17) is 9.47 Å². The van der Waals surface area contributed by atoms with Gasteiger partial charge in [0.1, 0.15) is 18.2 Å². The Bertz CT molecular complexity index is 923. The van der Waals surface area contributed by atoms with E-state index in [2.05, 4.69) is 50.0 Å². The molecule has 4 aliphatic rings. The summed E-state index contributed by atoms with van der Waals surface area (Å²) in [5, 5.41) is 16.6. The number of hydrogen-bond donors (Lipinski definition) is 1. The van der Waals surface area contributed by atoms with Crippen LogP contribution >= 0.6 is 0 Å². The van der Waals surface area contributed by atoms with Crippen LogP contribution in [0.15, 0.2) is 24.3 Å². The fourth-order valence-corrected chi connectivity index (χ4v) is 6.19. The molecule has 4 fully saturated rings. The van der Waals surface area contributed by atoms with Gasteiger partial charge in [-0.05, 0) is 73.3 Å². The SMILES string of the molecule is c1cc(CN2CCCC2)cc(-c2nnnn2[C@H]2CO[C@H]3[C@@H]2OC[C@@H]3NCC2CCCCC2)c1. The van der Waals surface area contributed by atoms with E-state index in [1.807, 2.05) is 4.68 Å². The maximum atomic E-state index is 6.26. The third kappa shape index (κ3) is 4.58. The molecule has 0 bridgehead atoms. The fourth-order valence-electron chi connectivity index (χ4n) is 6.19. The van der Waals surface area contributed by atoms with Gasteiger partial charge in [0, 0.05) is 12.1 Å². The van der Waals surface area contributed by atoms with Crippen molar-refractivity contribution in [3.63, 3.8) is 0 Å². The van der Waals surface area contributed by atoms with Gasteiger partial charge in [0.15, 0.2) is 5.82 Å². The van der Waals surface area contributed by atoms with Crippen LogP contribution in [0.5, 0.6) is 0 Å². The van der Waals surface area contributed by atoms with E-state index in [-0.39, 0.29) is 24.3 Å². The quantitative estimate of drug-likeness (QED) is 0.692. The molecule has 4 atom stereocenters.